The van der Waals surface area contributed by atoms with E-state index in [1.165, 1.54) is 0 Å². The van der Waals surface area contributed by atoms with Crippen LogP contribution in [0.1, 0.15) is 55.4 Å². The maximum Gasteiger partial charge on any atom is 0.408 e. The zero-order valence-corrected chi connectivity index (χ0v) is 17.8. The van der Waals surface area contributed by atoms with E-state index in [2.05, 4.69) is 16.0 Å². The van der Waals surface area contributed by atoms with Gasteiger partial charge in [0, 0.05) is 0 Å². The molecule has 4 N–H and O–H groups in total. The Kier molecular flexibility index (Phi) is 9.23. The van der Waals surface area contributed by atoms with E-state index in [9.17, 15) is 24.3 Å². The molecule has 0 bridgehead atoms. The fourth-order valence-electron chi connectivity index (χ4n) is 1.93. The molecule has 28 heavy (non-hydrogen) atoms. The zero-order chi connectivity index (χ0) is 22.3. The molecular weight excluding hydrogens is 370 g/mol. The van der Waals surface area contributed by atoms with Crippen molar-refractivity contribution in [2.24, 2.45) is 5.92 Å². The predicted octanol–water partition coefficient (Wildman–Crippen LogP) is 1.63. The summed E-state index contributed by atoms with van der Waals surface area (Å²) in [5.74, 6) is -2.37. The van der Waals surface area contributed by atoms with Crippen molar-refractivity contribution in [3.05, 3.63) is 0 Å². The van der Waals surface area contributed by atoms with Crippen molar-refractivity contribution in [2.75, 3.05) is 6.54 Å². The van der Waals surface area contributed by atoms with Gasteiger partial charge in [0.2, 0.25) is 5.91 Å². The molecule has 0 radical (unpaired) electrons. The molecule has 0 saturated heterocycles. The molecule has 0 rings (SSSR count). The fourth-order valence-corrected chi connectivity index (χ4v) is 1.93. The number of ether oxygens (including phenoxy) is 2. The van der Waals surface area contributed by atoms with Crippen LogP contribution >= 0.6 is 0 Å². The first-order valence-electron chi connectivity index (χ1n) is 9.01. The number of hydrogen-bond donors (Lipinski definition) is 4. The molecule has 0 aromatic heterocycles. The van der Waals surface area contributed by atoms with Crippen molar-refractivity contribution >= 4 is 24.1 Å². The second-order valence-electron chi connectivity index (χ2n) is 8.65. The summed E-state index contributed by atoms with van der Waals surface area (Å²) in [6.45, 7) is 12.9. The molecule has 10 heteroatoms. The molecule has 3 amide bonds. The van der Waals surface area contributed by atoms with Gasteiger partial charge in [-0.25, -0.2) is 14.4 Å². The highest BCUT2D eigenvalue weighted by atomic mass is 16.6. The number of carbonyl (C=O) groups excluding carboxylic acids is 3. The number of carbonyl (C=O) groups is 4. The molecule has 10 nitrogen and oxygen atoms in total. The van der Waals surface area contributed by atoms with E-state index in [0.717, 1.165) is 0 Å². The van der Waals surface area contributed by atoms with Crippen LogP contribution in [-0.2, 0) is 19.1 Å². The third-order valence-corrected chi connectivity index (χ3v) is 3.09. The first-order chi connectivity index (χ1) is 12.5. The maximum absolute atomic E-state index is 12.5. The summed E-state index contributed by atoms with van der Waals surface area (Å²) in [5, 5.41) is 16.3. The molecule has 0 fully saturated rings. The fraction of sp³-hybridized carbons (Fsp3) is 0.778. The van der Waals surface area contributed by atoms with Crippen molar-refractivity contribution < 1.29 is 33.8 Å². The zero-order valence-electron chi connectivity index (χ0n) is 17.8. The normalized spacial score (nSPS) is 13.9. The van der Waals surface area contributed by atoms with Crippen LogP contribution in [0, 0.1) is 5.92 Å². The number of carboxylic acids is 1. The molecule has 0 unspecified atom stereocenters. The number of amides is 3. The molecule has 0 aliphatic rings. The smallest absolute Gasteiger partial charge is 0.408 e. The van der Waals surface area contributed by atoms with Crippen LogP contribution in [0.4, 0.5) is 9.59 Å². The van der Waals surface area contributed by atoms with Gasteiger partial charge in [-0.2, -0.15) is 0 Å². The van der Waals surface area contributed by atoms with E-state index in [0.29, 0.717) is 0 Å². The molecular formula is C18H33N3O7. The molecule has 2 atom stereocenters. The quantitative estimate of drug-likeness (QED) is 0.506. The first-order valence-corrected chi connectivity index (χ1v) is 9.01. The second-order valence-corrected chi connectivity index (χ2v) is 8.65. The van der Waals surface area contributed by atoms with Crippen LogP contribution in [0.5, 0.6) is 0 Å². The lowest BCUT2D eigenvalue weighted by Gasteiger charge is -2.26. The first kappa shape index (κ1) is 25.5. The summed E-state index contributed by atoms with van der Waals surface area (Å²) in [4.78, 5) is 47.7. The lowest BCUT2D eigenvalue weighted by molar-refractivity contribution is -0.143. The second kappa shape index (κ2) is 10.1. The highest BCUT2D eigenvalue weighted by molar-refractivity contribution is 5.90. The van der Waals surface area contributed by atoms with Gasteiger partial charge in [0.1, 0.15) is 23.3 Å². The summed E-state index contributed by atoms with van der Waals surface area (Å²) in [6.07, 6.45) is -1.66. The summed E-state index contributed by atoms with van der Waals surface area (Å²) >= 11 is 0. The Balaban J connectivity index is 5.20. The van der Waals surface area contributed by atoms with Crippen LogP contribution in [-0.4, -0.2) is 59.0 Å². The Hall–Kier alpha value is -2.52. The Bertz CT molecular complexity index is 577. The molecule has 162 valence electrons. The molecule has 0 aliphatic carbocycles. The lowest BCUT2D eigenvalue weighted by Crippen LogP contribution is -2.57. The number of aliphatic carboxylic acids is 1. The third kappa shape index (κ3) is 11.2. The Labute approximate surface area is 165 Å². The monoisotopic (exact) mass is 403 g/mol. The van der Waals surface area contributed by atoms with Crippen LogP contribution in [0.3, 0.4) is 0 Å². The van der Waals surface area contributed by atoms with Gasteiger partial charge in [-0.3, -0.25) is 4.79 Å². The largest absolute Gasteiger partial charge is 0.480 e. The number of alkyl carbamates (subject to hydrolysis) is 2. The van der Waals surface area contributed by atoms with Gasteiger partial charge in [-0.1, -0.05) is 13.8 Å². The summed E-state index contributed by atoms with van der Waals surface area (Å²) < 4.78 is 10.2. The van der Waals surface area contributed by atoms with Crippen LogP contribution < -0.4 is 16.0 Å². The molecule has 0 spiro atoms. The van der Waals surface area contributed by atoms with Gasteiger partial charge in [0.25, 0.3) is 0 Å². The van der Waals surface area contributed by atoms with E-state index in [4.69, 9.17) is 9.47 Å². The molecule has 0 saturated carbocycles. The minimum atomic E-state index is -1.26. The SMILES string of the molecule is CC(C)[C@H](NC(=O)[C@H](CNC(=O)OC(C)(C)C)NC(=O)OC(C)(C)C)C(=O)O. The highest BCUT2D eigenvalue weighted by Crippen LogP contribution is 2.08. The van der Waals surface area contributed by atoms with Crippen molar-refractivity contribution in [3.8, 4) is 0 Å². The van der Waals surface area contributed by atoms with Crippen LogP contribution in [0.25, 0.3) is 0 Å². The van der Waals surface area contributed by atoms with E-state index >= 15 is 0 Å². The van der Waals surface area contributed by atoms with E-state index in [1.54, 1.807) is 55.4 Å². The van der Waals surface area contributed by atoms with E-state index in [-0.39, 0.29) is 12.5 Å². The molecule has 0 aromatic rings. The van der Waals surface area contributed by atoms with Crippen molar-refractivity contribution in [3.63, 3.8) is 0 Å². The molecule has 0 heterocycles. The minimum Gasteiger partial charge on any atom is -0.480 e. The standard InChI is InChI=1S/C18H33N3O7/c1-10(2)12(14(23)24)21-13(22)11(20-16(26)28-18(6,7)8)9-19-15(25)27-17(3,4)5/h10-12H,9H2,1-8H3,(H,19,25)(H,20,26)(H,21,22)(H,23,24)/t11-,12-/m0/s1. The number of hydrogen-bond acceptors (Lipinski definition) is 6. The molecule has 0 aromatic carbocycles. The Morgan fingerprint density at radius 3 is 1.71 bits per heavy atom. The van der Waals surface area contributed by atoms with Crippen molar-refractivity contribution in [1.29, 1.82) is 0 Å². The minimum absolute atomic E-state index is 0.315. The van der Waals surface area contributed by atoms with E-state index < -0.39 is 47.3 Å². The number of carboxylic acid groups (broad SMARTS) is 1. The summed E-state index contributed by atoms with van der Waals surface area (Å²) in [6, 6.07) is -2.42. The lowest BCUT2D eigenvalue weighted by atomic mass is 10.0. The average molecular weight is 403 g/mol. The van der Waals surface area contributed by atoms with Crippen molar-refractivity contribution in [2.45, 2.75) is 78.7 Å². The predicted molar refractivity (Wildman–Crippen MR) is 102 cm³/mol. The number of nitrogens with one attached hydrogen (secondary N) is 3. The van der Waals surface area contributed by atoms with Gasteiger partial charge in [0.05, 0.1) is 6.54 Å². The van der Waals surface area contributed by atoms with Gasteiger partial charge in [0.15, 0.2) is 0 Å². The average Bonchev–Trinajstić information content (AvgIpc) is 2.44. The van der Waals surface area contributed by atoms with Gasteiger partial charge in [-0.05, 0) is 47.5 Å². The topological polar surface area (TPSA) is 143 Å². The Morgan fingerprint density at radius 1 is 0.857 bits per heavy atom. The number of rotatable bonds is 7. The van der Waals surface area contributed by atoms with Crippen LogP contribution in [0.15, 0.2) is 0 Å². The maximum atomic E-state index is 12.5. The highest BCUT2D eigenvalue weighted by Gasteiger charge is 2.30. The Morgan fingerprint density at radius 2 is 1.32 bits per heavy atom. The summed E-state index contributed by atoms with van der Waals surface area (Å²) in [7, 11) is 0. The van der Waals surface area contributed by atoms with E-state index in [1.807, 2.05) is 0 Å². The summed E-state index contributed by atoms with van der Waals surface area (Å²) in [5.41, 5.74) is -1.54. The van der Waals surface area contributed by atoms with Gasteiger partial charge < -0.3 is 30.5 Å². The van der Waals surface area contributed by atoms with Gasteiger partial charge >= 0.3 is 18.2 Å². The van der Waals surface area contributed by atoms with Crippen LogP contribution in [0.2, 0.25) is 0 Å². The third-order valence-electron chi connectivity index (χ3n) is 3.09. The molecule has 0 aliphatic heterocycles. The van der Waals surface area contributed by atoms with Gasteiger partial charge in [-0.15, -0.1) is 0 Å². The van der Waals surface area contributed by atoms with Crippen molar-refractivity contribution in [1.82, 2.24) is 16.0 Å².